The molecule has 0 aliphatic rings. The zero-order valence-corrected chi connectivity index (χ0v) is 15.9. The van der Waals surface area contributed by atoms with Crippen molar-refractivity contribution in [3.8, 4) is 0 Å². The fourth-order valence-electron chi connectivity index (χ4n) is 2.44. The summed E-state index contributed by atoms with van der Waals surface area (Å²) in [6.07, 6.45) is -3.79. The van der Waals surface area contributed by atoms with Gasteiger partial charge in [-0.05, 0) is 41.8 Å². The maximum Gasteiger partial charge on any atom is 0.416 e. The van der Waals surface area contributed by atoms with Gasteiger partial charge >= 0.3 is 6.18 Å². The van der Waals surface area contributed by atoms with Crippen molar-refractivity contribution >= 4 is 16.0 Å². The molecule has 2 aromatic carbocycles. The highest BCUT2D eigenvalue weighted by Gasteiger charge is 2.30. The van der Waals surface area contributed by atoms with Gasteiger partial charge < -0.3 is 10.6 Å². The Morgan fingerprint density at radius 3 is 2.32 bits per heavy atom. The monoisotopic (exact) mass is 414 g/mol. The first kappa shape index (κ1) is 21.7. The molecule has 6 nitrogen and oxygen atoms in total. The number of hydrogen-bond donors (Lipinski definition) is 3. The third kappa shape index (κ3) is 6.54. The van der Waals surface area contributed by atoms with Crippen LogP contribution in [0.4, 0.5) is 13.2 Å². The molecule has 0 saturated carbocycles. The number of guanidine groups is 1. The second-order valence-electron chi connectivity index (χ2n) is 5.99. The molecule has 0 aromatic heterocycles. The van der Waals surface area contributed by atoms with Gasteiger partial charge in [0.05, 0.1) is 10.5 Å². The molecule has 0 aliphatic heterocycles. The lowest BCUT2D eigenvalue weighted by Gasteiger charge is -2.13. The Morgan fingerprint density at radius 2 is 1.75 bits per heavy atom. The predicted molar refractivity (Wildman–Crippen MR) is 101 cm³/mol. The van der Waals surface area contributed by atoms with Crippen LogP contribution in [0.3, 0.4) is 0 Å². The van der Waals surface area contributed by atoms with Gasteiger partial charge in [-0.25, -0.2) is 13.6 Å². The van der Waals surface area contributed by atoms with Crippen LogP contribution >= 0.6 is 0 Å². The highest BCUT2D eigenvalue weighted by Crippen LogP contribution is 2.29. The van der Waals surface area contributed by atoms with E-state index in [1.807, 2.05) is 0 Å². The zero-order chi connectivity index (χ0) is 20.8. The molecule has 0 fully saturated rings. The Balaban J connectivity index is 1.85. The number of alkyl halides is 3. The number of nitrogens with zero attached hydrogens (tertiary/aromatic N) is 1. The van der Waals surface area contributed by atoms with Crippen molar-refractivity contribution < 1.29 is 21.6 Å². The van der Waals surface area contributed by atoms with Crippen molar-refractivity contribution in [2.24, 2.45) is 10.1 Å². The normalized spacial score (nSPS) is 12.7. The highest BCUT2D eigenvalue weighted by atomic mass is 32.2. The molecule has 10 heteroatoms. The van der Waals surface area contributed by atoms with E-state index in [-0.39, 0.29) is 11.4 Å². The number of nitrogens with one attached hydrogen (secondary N) is 2. The van der Waals surface area contributed by atoms with Crippen LogP contribution in [0.1, 0.15) is 16.7 Å². The first-order valence-corrected chi connectivity index (χ1v) is 9.86. The number of hydrogen-bond acceptors (Lipinski definition) is 3. The molecular formula is C18H21F3N4O2S. The minimum absolute atomic E-state index is 0.0442. The van der Waals surface area contributed by atoms with Gasteiger partial charge in [-0.15, -0.1) is 0 Å². The molecule has 4 N–H and O–H groups in total. The van der Waals surface area contributed by atoms with E-state index in [4.69, 9.17) is 5.14 Å². The van der Waals surface area contributed by atoms with Crippen molar-refractivity contribution in [3.05, 3.63) is 65.2 Å². The van der Waals surface area contributed by atoms with Crippen LogP contribution in [0, 0.1) is 0 Å². The summed E-state index contributed by atoms with van der Waals surface area (Å²) >= 11 is 0. The number of halogens is 3. The lowest BCUT2D eigenvalue weighted by Crippen LogP contribution is -2.37. The van der Waals surface area contributed by atoms with Crippen molar-refractivity contribution in [2.75, 3.05) is 13.6 Å². The third-order valence-corrected chi connectivity index (χ3v) is 4.83. The first-order valence-electron chi connectivity index (χ1n) is 8.32. The number of benzene rings is 2. The van der Waals surface area contributed by atoms with Gasteiger partial charge in [0.25, 0.3) is 0 Å². The maximum atomic E-state index is 12.8. The summed E-state index contributed by atoms with van der Waals surface area (Å²) in [5.41, 5.74) is 0.683. The third-order valence-electron chi connectivity index (χ3n) is 3.90. The number of nitrogens with two attached hydrogens (primary N) is 1. The molecule has 2 rings (SSSR count). The Bertz CT molecular complexity index is 927. The topological polar surface area (TPSA) is 96.6 Å². The Morgan fingerprint density at radius 1 is 1.07 bits per heavy atom. The maximum absolute atomic E-state index is 12.8. The minimum Gasteiger partial charge on any atom is -0.356 e. The quantitative estimate of drug-likeness (QED) is 0.499. The smallest absolute Gasteiger partial charge is 0.356 e. The largest absolute Gasteiger partial charge is 0.416 e. The van der Waals surface area contributed by atoms with Gasteiger partial charge in [0.15, 0.2) is 5.96 Å². The van der Waals surface area contributed by atoms with E-state index in [2.05, 4.69) is 15.6 Å². The van der Waals surface area contributed by atoms with Gasteiger partial charge in [-0.2, -0.15) is 13.2 Å². The summed E-state index contributed by atoms with van der Waals surface area (Å²) in [6, 6.07) is 11.3. The fraction of sp³-hybridized carbons (Fsp3) is 0.278. The molecule has 28 heavy (non-hydrogen) atoms. The molecular weight excluding hydrogens is 393 g/mol. The van der Waals surface area contributed by atoms with E-state index in [9.17, 15) is 21.6 Å². The van der Waals surface area contributed by atoms with E-state index in [1.165, 1.54) is 18.2 Å². The summed E-state index contributed by atoms with van der Waals surface area (Å²) in [7, 11) is -2.16. The van der Waals surface area contributed by atoms with E-state index < -0.39 is 21.8 Å². The Hall–Kier alpha value is -2.59. The number of rotatable bonds is 6. The van der Waals surface area contributed by atoms with Gasteiger partial charge in [0.1, 0.15) is 0 Å². The summed E-state index contributed by atoms with van der Waals surface area (Å²) in [5, 5.41) is 11.1. The minimum atomic E-state index is -4.38. The molecule has 0 amide bonds. The Kier molecular flexibility index (Phi) is 7.03. The number of sulfonamides is 1. The summed E-state index contributed by atoms with van der Waals surface area (Å²) in [5.74, 6) is 0.443. The fourth-order valence-corrected chi connectivity index (χ4v) is 2.95. The second kappa shape index (κ2) is 9.07. The molecule has 0 unspecified atom stereocenters. The van der Waals surface area contributed by atoms with Crippen LogP contribution in [-0.2, 0) is 29.2 Å². The molecule has 0 heterocycles. The lowest BCUT2D eigenvalue weighted by molar-refractivity contribution is -0.137. The SMILES string of the molecule is CN=C(NCCc1ccc(S(N)(=O)=O)cc1)NCc1cccc(C(F)(F)F)c1. The first-order chi connectivity index (χ1) is 13.1. The van der Waals surface area contributed by atoms with Crippen LogP contribution in [0.15, 0.2) is 58.4 Å². The molecule has 0 spiro atoms. The molecule has 0 aliphatic carbocycles. The summed E-state index contributed by atoms with van der Waals surface area (Å²) in [6.45, 7) is 0.684. The van der Waals surface area contributed by atoms with E-state index >= 15 is 0 Å². The van der Waals surface area contributed by atoms with Crippen LogP contribution < -0.4 is 15.8 Å². The van der Waals surface area contributed by atoms with Gasteiger partial charge in [-0.3, -0.25) is 4.99 Å². The Labute approximate surface area is 161 Å². The van der Waals surface area contributed by atoms with Crippen molar-refractivity contribution in [2.45, 2.75) is 24.0 Å². The predicted octanol–water partition coefficient (Wildman–Crippen LogP) is 2.26. The highest BCUT2D eigenvalue weighted by molar-refractivity contribution is 7.89. The van der Waals surface area contributed by atoms with Crippen molar-refractivity contribution in [1.29, 1.82) is 0 Å². The van der Waals surface area contributed by atoms with Gasteiger partial charge in [0, 0.05) is 20.1 Å². The number of aliphatic imine (C=N–C) groups is 1. The average molecular weight is 414 g/mol. The summed E-state index contributed by atoms with van der Waals surface area (Å²) in [4.78, 5) is 4.07. The van der Waals surface area contributed by atoms with Crippen LogP contribution in [0.5, 0.6) is 0 Å². The van der Waals surface area contributed by atoms with Gasteiger partial charge in [-0.1, -0.05) is 24.3 Å². The second-order valence-corrected chi connectivity index (χ2v) is 7.55. The molecule has 0 saturated heterocycles. The zero-order valence-electron chi connectivity index (χ0n) is 15.1. The number of primary sulfonamides is 1. The molecule has 0 bridgehead atoms. The van der Waals surface area contributed by atoms with E-state index in [0.29, 0.717) is 24.5 Å². The summed E-state index contributed by atoms with van der Waals surface area (Å²) < 4.78 is 60.7. The van der Waals surface area contributed by atoms with Crippen LogP contribution in [-0.4, -0.2) is 28.0 Å². The van der Waals surface area contributed by atoms with Gasteiger partial charge in [0.2, 0.25) is 10.0 Å². The molecule has 2 aromatic rings. The average Bonchev–Trinajstić information content (AvgIpc) is 2.63. The van der Waals surface area contributed by atoms with E-state index in [1.54, 1.807) is 25.2 Å². The van der Waals surface area contributed by atoms with Crippen molar-refractivity contribution in [1.82, 2.24) is 10.6 Å². The van der Waals surface area contributed by atoms with Crippen molar-refractivity contribution in [3.63, 3.8) is 0 Å². The molecule has 152 valence electrons. The standard InChI is InChI=1S/C18H21F3N4O2S/c1-23-17(25-12-14-3-2-4-15(11-14)18(19,20)21)24-10-9-13-5-7-16(8-6-13)28(22,26)27/h2-8,11H,9-10,12H2,1H3,(H2,22,26,27)(H2,23,24,25). The van der Waals surface area contributed by atoms with E-state index in [0.717, 1.165) is 17.7 Å². The van der Waals surface area contributed by atoms with Crippen LogP contribution in [0.25, 0.3) is 0 Å². The van der Waals surface area contributed by atoms with Crippen LogP contribution in [0.2, 0.25) is 0 Å². The molecule has 0 radical (unpaired) electrons. The lowest BCUT2D eigenvalue weighted by atomic mass is 10.1. The molecule has 0 atom stereocenters.